The van der Waals surface area contributed by atoms with Gasteiger partial charge in [0, 0.05) is 0 Å². The molecule has 3 nitrogen and oxygen atoms in total. The van der Waals surface area contributed by atoms with E-state index in [9.17, 15) is 5.11 Å². The molecule has 0 bridgehead atoms. The van der Waals surface area contributed by atoms with Crippen molar-refractivity contribution >= 4 is 0 Å². The highest BCUT2D eigenvalue weighted by molar-refractivity contribution is 4.50. The SMILES string of the molecule is CC[C@H](O)CC([O-])O. The Hall–Kier alpha value is -0.120. The first kappa shape index (κ1) is 7.88. The Morgan fingerprint density at radius 3 is 2.12 bits per heavy atom. The summed E-state index contributed by atoms with van der Waals surface area (Å²) >= 11 is 0. The predicted octanol–water partition coefficient (Wildman–Crippen LogP) is -1.17. The first-order valence-corrected chi connectivity index (χ1v) is 2.68. The Labute approximate surface area is 48.6 Å². The maximum absolute atomic E-state index is 9.89. The average Bonchev–Trinajstić information content (AvgIpc) is 1.65. The van der Waals surface area contributed by atoms with Gasteiger partial charge < -0.3 is 15.3 Å². The van der Waals surface area contributed by atoms with Gasteiger partial charge in [-0.2, -0.15) is 0 Å². The minimum absolute atomic E-state index is 0.0590. The third-order valence-electron chi connectivity index (χ3n) is 0.945. The van der Waals surface area contributed by atoms with Gasteiger partial charge in [0.15, 0.2) is 0 Å². The fraction of sp³-hybridized carbons (Fsp3) is 1.00. The van der Waals surface area contributed by atoms with Gasteiger partial charge in [0.05, 0.1) is 6.10 Å². The molecule has 2 N–H and O–H groups in total. The van der Waals surface area contributed by atoms with Crippen molar-refractivity contribution in [3.63, 3.8) is 0 Å². The highest BCUT2D eigenvalue weighted by Crippen LogP contribution is 1.96. The smallest absolute Gasteiger partial charge is 0.0548 e. The molecule has 0 aromatic rings. The molecule has 0 aliphatic carbocycles. The van der Waals surface area contributed by atoms with Crippen molar-refractivity contribution in [3.8, 4) is 0 Å². The van der Waals surface area contributed by atoms with Crippen LogP contribution >= 0.6 is 0 Å². The highest BCUT2D eigenvalue weighted by Gasteiger charge is 1.98. The fourth-order valence-corrected chi connectivity index (χ4v) is 0.399. The van der Waals surface area contributed by atoms with E-state index in [1.807, 2.05) is 0 Å². The fourth-order valence-electron chi connectivity index (χ4n) is 0.399. The summed E-state index contributed by atoms with van der Waals surface area (Å²) in [6, 6.07) is 0. The van der Waals surface area contributed by atoms with Crippen molar-refractivity contribution in [1.82, 2.24) is 0 Å². The molecule has 0 amide bonds. The zero-order chi connectivity index (χ0) is 6.57. The minimum Gasteiger partial charge on any atom is -0.831 e. The largest absolute Gasteiger partial charge is 0.831 e. The van der Waals surface area contributed by atoms with Crippen LogP contribution in [-0.2, 0) is 0 Å². The van der Waals surface area contributed by atoms with Gasteiger partial charge in [-0.15, -0.1) is 0 Å². The Balaban J connectivity index is 3.10. The van der Waals surface area contributed by atoms with E-state index in [1.165, 1.54) is 0 Å². The normalized spacial score (nSPS) is 18.0. The van der Waals surface area contributed by atoms with Crippen LogP contribution in [0.3, 0.4) is 0 Å². The molecule has 0 saturated heterocycles. The van der Waals surface area contributed by atoms with E-state index in [1.54, 1.807) is 6.92 Å². The topological polar surface area (TPSA) is 63.5 Å². The van der Waals surface area contributed by atoms with Crippen LogP contribution in [0.1, 0.15) is 19.8 Å². The lowest BCUT2D eigenvalue weighted by Crippen LogP contribution is -2.28. The molecular weight excluding hydrogens is 108 g/mol. The summed E-state index contributed by atoms with van der Waals surface area (Å²) in [7, 11) is 0. The Bertz CT molecular complexity index is 53.6. The van der Waals surface area contributed by atoms with Gasteiger partial charge in [-0.1, -0.05) is 6.92 Å². The quantitative estimate of drug-likeness (QED) is 0.460. The third-order valence-corrected chi connectivity index (χ3v) is 0.945. The lowest BCUT2D eigenvalue weighted by molar-refractivity contribution is -0.486. The second kappa shape index (κ2) is 3.83. The number of hydrogen-bond donors (Lipinski definition) is 2. The summed E-state index contributed by atoms with van der Waals surface area (Å²) in [5, 5.41) is 26.7. The van der Waals surface area contributed by atoms with E-state index in [-0.39, 0.29) is 6.42 Å². The molecule has 0 rings (SSSR count). The van der Waals surface area contributed by atoms with Gasteiger partial charge >= 0.3 is 0 Å². The van der Waals surface area contributed by atoms with E-state index in [0.717, 1.165) is 0 Å². The summed E-state index contributed by atoms with van der Waals surface area (Å²) in [6.45, 7) is 1.76. The van der Waals surface area contributed by atoms with Crippen molar-refractivity contribution in [2.24, 2.45) is 0 Å². The van der Waals surface area contributed by atoms with Gasteiger partial charge in [0.2, 0.25) is 0 Å². The summed E-state index contributed by atoms with van der Waals surface area (Å²) in [4.78, 5) is 0. The Morgan fingerprint density at radius 2 is 2.00 bits per heavy atom. The minimum atomic E-state index is -1.62. The lowest BCUT2D eigenvalue weighted by Gasteiger charge is -2.17. The van der Waals surface area contributed by atoms with Crippen molar-refractivity contribution in [2.75, 3.05) is 0 Å². The van der Waals surface area contributed by atoms with Crippen LogP contribution in [0, 0.1) is 0 Å². The maximum atomic E-state index is 9.89. The van der Waals surface area contributed by atoms with E-state index >= 15 is 0 Å². The zero-order valence-corrected chi connectivity index (χ0v) is 4.87. The molecule has 1 unspecified atom stereocenters. The standard InChI is InChI=1S/C5H11O3/c1-2-4(6)3-5(7)8/h4-7H,2-3H2,1H3/q-1/t4-,5?/m0/s1. The molecule has 0 aromatic carbocycles. The molecule has 0 aromatic heterocycles. The molecule has 0 aliphatic heterocycles. The second-order valence-electron chi connectivity index (χ2n) is 1.75. The summed E-state index contributed by atoms with van der Waals surface area (Å²) in [5.41, 5.74) is 0. The summed E-state index contributed by atoms with van der Waals surface area (Å²) in [5.74, 6) is 0. The van der Waals surface area contributed by atoms with E-state index < -0.39 is 12.4 Å². The van der Waals surface area contributed by atoms with E-state index in [2.05, 4.69) is 0 Å². The van der Waals surface area contributed by atoms with Crippen LogP contribution in [0.2, 0.25) is 0 Å². The van der Waals surface area contributed by atoms with Crippen LogP contribution in [0.4, 0.5) is 0 Å². The molecule has 0 fully saturated rings. The molecule has 0 heterocycles. The molecular formula is C5H11O3-. The van der Waals surface area contributed by atoms with Crippen LogP contribution in [0.25, 0.3) is 0 Å². The Kier molecular flexibility index (Phi) is 3.77. The zero-order valence-electron chi connectivity index (χ0n) is 4.87. The Morgan fingerprint density at radius 1 is 1.50 bits per heavy atom. The number of rotatable bonds is 3. The van der Waals surface area contributed by atoms with Crippen molar-refractivity contribution < 1.29 is 15.3 Å². The monoisotopic (exact) mass is 119 g/mol. The molecule has 0 radical (unpaired) electrons. The van der Waals surface area contributed by atoms with E-state index in [4.69, 9.17) is 10.2 Å². The second-order valence-corrected chi connectivity index (χ2v) is 1.75. The first-order valence-electron chi connectivity index (χ1n) is 2.68. The lowest BCUT2D eigenvalue weighted by atomic mass is 10.2. The molecule has 0 aliphatic rings. The molecule has 8 heavy (non-hydrogen) atoms. The van der Waals surface area contributed by atoms with Gasteiger partial charge in [-0.3, -0.25) is 0 Å². The van der Waals surface area contributed by atoms with Crippen LogP contribution in [0.5, 0.6) is 0 Å². The van der Waals surface area contributed by atoms with Crippen LogP contribution in [-0.4, -0.2) is 22.6 Å². The van der Waals surface area contributed by atoms with Crippen molar-refractivity contribution in [1.29, 1.82) is 0 Å². The average molecular weight is 119 g/mol. The summed E-state index contributed by atoms with van der Waals surface area (Å²) < 4.78 is 0. The van der Waals surface area contributed by atoms with Crippen LogP contribution in [0.15, 0.2) is 0 Å². The van der Waals surface area contributed by atoms with Gasteiger partial charge in [-0.05, 0) is 19.1 Å². The predicted molar refractivity (Wildman–Crippen MR) is 26.9 cm³/mol. The van der Waals surface area contributed by atoms with Gasteiger partial charge in [0.1, 0.15) is 0 Å². The third kappa shape index (κ3) is 4.05. The molecule has 2 atom stereocenters. The van der Waals surface area contributed by atoms with Gasteiger partial charge in [-0.25, -0.2) is 0 Å². The van der Waals surface area contributed by atoms with Gasteiger partial charge in [0.25, 0.3) is 0 Å². The maximum Gasteiger partial charge on any atom is 0.0548 e. The molecule has 0 saturated carbocycles. The molecule has 3 heteroatoms. The van der Waals surface area contributed by atoms with Crippen LogP contribution < -0.4 is 5.11 Å². The first-order chi connectivity index (χ1) is 3.66. The summed E-state index contributed by atoms with van der Waals surface area (Å²) in [6.07, 6.45) is -1.79. The molecule has 50 valence electrons. The van der Waals surface area contributed by atoms with Crippen molar-refractivity contribution in [2.45, 2.75) is 32.2 Å². The number of aliphatic hydroxyl groups excluding tert-OH is 2. The van der Waals surface area contributed by atoms with Crippen molar-refractivity contribution in [3.05, 3.63) is 0 Å². The number of aliphatic hydroxyl groups is 2. The van der Waals surface area contributed by atoms with E-state index in [0.29, 0.717) is 6.42 Å². The highest BCUT2D eigenvalue weighted by atomic mass is 16.5. The number of hydrogen-bond acceptors (Lipinski definition) is 3. The molecule has 0 spiro atoms.